The summed E-state index contributed by atoms with van der Waals surface area (Å²) in [5.74, 6) is -1.53. The van der Waals surface area contributed by atoms with Gasteiger partial charge in [-0.25, -0.2) is 0 Å². The number of nitrogens with one attached hydrogen (secondary N) is 1. The molecule has 8 heteroatoms. The van der Waals surface area contributed by atoms with Crippen molar-refractivity contribution in [3.63, 3.8) is 0 Å². The first-order valence-corrected chi connectivity index (χ1v) is 12.0. The number of hydrogen-bond acceptors (Lipinski definition) is 6. The normalized spacial score (nSPS) is 12.6. The summed E-state index contributed by atoms with van der Waals surface area (Å²) in [7, 11) is 1.26. The maximum absolute atomic E-state index is 13.3. The summed E-state index contributed by atoms with van der Waals surface area (Å²) < 4.78 is 12.4. The van der Waals surface area contributed by atoms with Crippen molar-refractivity contribution in [1.82, 2.24) is 0 Å². The van der Waals surface area contributed by atoms with E-state index in [9.17, 15) is 9.59 Å². The third kappa shape index (κ3) is 5.53. The minimum atomic E-state index is -1.08. The van der Waals surface area contributed by atoms with E-state index < -0.39 is 18.0 Å². The average molecular weight is 507 g/mol. The number of rotatable bonds is 9. The number of hydrogen-bond donors (Lipinski definition) is 2. The molecular weight excluding hydrogens is 484 g/mol. The lowest BCUT2D eigenvalue weighted by Gasteiger charge is -2.24. The molecule has 0 fully saturated rings. The number of esters is 1. The fraction of sp³-hybridized carbons (Fsp3) is 0.148. The van der Waals surface area contributed by atoms with Gasteiger partial charge in [-0.15, -0.1) is 11.3 Å². The van der Waals surface area contributed by atoms with Crippen LogP contribution in [0.4, 0.5) is 0 Å². The van der Waals surface area contributed by atoms with E-state index in [2.05, 4.69) is 0 Å². The number of nitrogens with two attached hydrogens (primary N) is 1. The Balaban J connectivity index is 1.71. The van der Waals surface area contributed by atoms with Gasteiger partial charge in [0.2, 0.25) is 0 Å². The van der Waals surface area contributed by atoms with Crippen molar-refractivity contribution in [3.05, 3.63) is 99.9 Å². The van der Waals surface area contributed by atoms with Gasteiger partial charge in [0.05, 0.1) is 12.0 Å². The van der Waals surface area contributed by atoms with Gasteiger partial charge in [0.1, 0.15) is 23.6 Å². The van der Waals surface area contributed by atoms with Gasteiger partial charge in [0, 0.05) is 27.1 Å². The molecule has 1 heterocycles. The summed E-state index contributed by atoms with van der Waals surface area (Å²) in [6, 6.07) is 23.2. The van der Waals surface area contributed by atoms with E-state index in [0.717, 1.165) is 15.6 Å². The molecule has 0 spiro atoms. The number of Topliss-reactive ketones (excluding diaryl/α,β-unsaturated/α-hetero) is 1. The lowest BCUT2D eigenvalue weighted by atomic mass is 9.90. The van der Waals surface area contributed by atoms with Crippen LogP contribution in [0, 0.1) is 11.3 Å². The van der Waals surface area contributed by atoms with Crippen LogP contribution in [0.5, 0.6) is 5.75 Å². The summed E-state index contributed by atoms with van der Waals surface area (Å²) in [6.07, 6.45) is -0.555. The number of carbonyl (C=O) groups excluding carboxylic acids is 2. The number of amidine groups is 1. The number of nitrogen functional groups attached to an aromatic ring is 1. The third-order valence-corrected chi connectivity index (χ3v) is 6.99. The van der Waals surface area contributed by atoms with Crippen molar-refractivity contribution in [2.75, 3.05) is 7.11 Å². The second-order valence-corrected chi connectivity index (χ2v) is 9.41. The van der Waals surface area contributed by atoms with Gasteiger partial charge in [0.25, 0.3) is 0 Å². The average Bonchev–Trinajstić information content (AvgIpc) is 3.32. The number of benzene rings is 3. The molecular formula is C27H23ClN2O4S. The molecule has 178 valence electrons. The quantitative estimate of drug-likeness (QED) is 0.0949. The van der Waals surface area contributed by atoms with Crippen molar-refractivity contribution in [3.8, 4) is 5.75 Å². The predicted octanol–water partition coefficient (Wildman–Crippen LogP) is 6.02. The highest BCUT2D eigenvalue weighted by Crippen LogP contribution is 2.37. The molecule has 3 aromatic carbocycles. The Bertz CT molecular complexity index is 1370. The second kappa shape index (κ2) is 10.7. The number of ether oxygens (including phenoxy) is 2. The highest BCUT2D eigenvalue weighted by atomic mass is 35.5. The lowest BCUT2D eigenvalue weighted by Crippen LogP contribution is -2.29. The van der Waals surface area contributed by atoms with Crippen LogP contribution in [0.1, 0.15) is 33.3 Å². The molecule has 3 N–H and O–H groups in total. The van der Waals surface area contributed by atoms with E-state index in [1.54, 1.807) is 24.3 Å². The molecule has 4 rings (SSSR count). The number of methoxy groups -OCH3 is 1. The van der Waals surface area contributed by atoms with Crippen molar-refractivity contribution < 1.29 is 19.1 Å². The molecule has 1 aromatic heterocycles. The van der Waals surface area contributed by atoms with Crippen LogP contribution < -0.4 is 10.5 Å². The van der Waals surface area contributed by atoms with Gasteiger partial charge in [-0.05, 0) is 48.0 Å². The molecule has 0 radical (unpaired) electrons. The van der Waals surface area contributed by atoms with Crippen molar-refractivity contribution in [2.45, 2.75) is 12.5 Å². The van der Waals surface area contributed by atoms with Crippen LogP contribution in [0.2, 0.25) is 5.02 Å². The van der Waals surface area contributed by atoms with Crippen LogP contribution in [-0.4, -0.2) is 24.7 Å². The van der Waals surface area contributed by atoms with Gasteiger partial charge >= 0.3 is 5.97 Å². The molecule has 0 aliphatic carbocycles. The molecule has 2 atom stereocenters. The zero-order valence-corrected chi connectivity index (χ0v) is 20.4. The molecule has 0 bridgehead atoms. The Kier molecular flexibility index (Phi) is 7.48. The Labute approximate surface area is 211 Å². The Morgan fingerprint density at radius 2 is 1.74 bits per heavy atom. The zero-order chi connectivity index (χ0) is 24.9. The molecule has 0 aliphatic heterocycles. The maximum Gasteiger partial charge on any atom is 0.316 e. The van der Waals surface area contributed by atoms with E-state index >= 15 is 0 Å². The highest BCUT2D eigenvalue weighted by Gasteiger charge is 2.33. The first-order valence-electron chi connectivity index (χ1n) is 10.8. The van der Waals surface area contributed by atoms with Gasteiger partial charge in [-0.3, -0.25) is 15.0 Å². The Morgan fingerprint density at radius 1 is 1.03 bits per heavy atom. The number of carbonyl (C=O) groups is 2. The van der Waals surface area contributed by atoms with E-state index in [1.807, 2.05) is 54.6 Å². The van der Waals surface area contributed by atoms with Gasteiger partial charge in [-0.2, -0.15) is 0 Å². The predicted molar refractivity (Wildman–Crippen MR) is 139 cm³/mol. The van der Waals surface area contributed by atoms with E-state index in [4.69, 9.17) is 32.2 Å². The lowest BCUT2D eigenvalue weighted by molar-refractivity contribution is -0.144. The van der Waals surface area contributed by atoms with Crippen molar-refractivity contribution in [2.24, 2.45) is 11.7 Å². The molecule has 0 aliphatic rings. The monoisotopic (exact) mass is 506 g/mol. The third-order valence-electron chi connectivity index (χ3n) is 5.61. The Morgan fingerprint density at radius 3 is 2.40 bits per heavy atom. The largest absolute Gasteiger partial charge is 0.485 e. The summed E-state index contributed by atoms with van der Waals surface area (Å²) in [4.78, 5) is 26.7. The fourth-order valence-electron chi connectivity index (χ4n) is 3.82. The molecule has 0 amide bonds. The molecule has 0 saturated heterocycles. The minimum absolute atomic E-state index is 0.0175. The van der Waals surface area contributed by atoms with Crippen LogP contribution in [0.15, 0.2) is 78.9 Å². The van der Waals surface area contributed by atoms with E-state index in [-0.39, 0.29) is 18.0 Å². The molecule has 2 unspecified atom stereocenters. The summed E-state index contributed by atoms with van der Waals surface area (Å²) in [6.45, 7) is 0. The van der Waals surface area contributed by atoms with Crippen molar-refractivity contribution >= 4 is 50.6 Å². The second-order valence-electron chi connectivity index (χ2n) is 7.89. The van der Waals surface area contributed by atoms with Crippen LogP contribution in [0.3, 0.4) is 0 Å². The number of ketones is 1. The first-order chi connectivity index (χ1) is 16.9. The standard InChI is InChI=1S/C27H23ClN2O4S/c1-33-27(32)20(25(31)17-10-12-18(28)13-11-17)14-22(16-6-3-2-4-7-16)34-21-8-5-9-23-19(21)15-24(35-23)26(29)30/h2-13,15,20,22H,14H2,1H3,(H3,29,30). The van der Waals surface area contributed by atoms with Gasteiger partial charge in [0.15, 0.2) is 5.78 Å². The molecule has 35 heavy (non-hydrogen) atoms. The Hall–Kier alpha value is -3.68. The topological polar surface area (TPSA) is 102 Å². The molecule has 6 nitrogen and oxygen atoms in total. The summed E-state index contributed by atoms with van der Waals surface area (Å²) in [5, 5.41) is 9.07. The van der Waals surface area contributed by atoms with E-state index in [1.165, 1.54) is 18.4 Å². The van der Waals surface area contributed by atoms with Crippen LogP contribution in [-0.2, 0) is 9.53 Å². The van der Waals surface area contributed by atoms with E-state index in [0.29, 0.717) is 21.2 Å². The van der Waals surface area contributed by atoms with Crippen LogP contribution >= 0.6 is 22.9 Å². The summed E-state index contributed by atoms with van der Waals surface area (Å²) >= 11 is 7.37. The zero-order valence-electron chi connectivity index (χ0n) is 18.9. The SMILES string of the molecule is COC(=O)C(CC(Oc1cccc2sc(C(=N)N)cc12)c1ccccc1)C(=O)c1ccc(Cl)cc1. The number of thiophene rings is 1. The van der Waals surface area contributed by atoms with Crippen LogP contribution in [0.25, 0.3) is 10.1 Å². The molecule has 4 aromatic rings. The smallest absolute Gasteiger partial charge is 0.316 e. The minimum Gasteiger partial charge on any atom is -0.485 e. The van der Waals surface area contributed by atoms with Crippen molar-refractivity contribution in [1.29, 1.82) is 5.41 Å². The molecule has 0 saturated carbocycles. The first kappa shape index (κ1) is 24.4. The fourth-order valence-corrected chi connectivity index (χ4v) is 4.89. The van der Waals surface area contributed by atoms with Gasteiger partial charge < -0.3 is 15.2 Å². The summed E-state index contributed by atoms with van der Waals surface area (Å²) in [5.41, 5.74) is 6.86. The number of halogens is 1. The number of fused-ring (bicyclic) bond motifs is 1. The maximum atomic E-state index is 13.3. The van der Waals surface area contributed by atoms with Gasteiger partial charge in [-0.1, -0.05) is 48.0 Å². The highest BCUT2D eigenvalue weighted by molar-refractivity contribution is 7.20.